The van der Waals surface area contributed by atoms with Gasteiger partial charge >= 0.3 is 0 Å². The van der Waals surface area contributed by atoms with Gasteiger partial charge in [0.25, 0.3) is 5.91 Å². The third-order valence-corrected chi connectivity index (χ3v) is 3.91. The number of nitrogens with two attached hydrogens (primary N) is 1. The van der Waals surface area contributed by atoms with Crippen molar-refractivity contribution in [1.29, 1.82) is 0 Å². The van der Waals surface area contributed by atoms with E-state index in [0.29, 0.717) is 29.3 Å². The van der Waals surface area contributed by atoms with Crippen molar-refractivity contribution >= 4 is 49.1 Å². The van der Waals surface area contributed by atoms with E-state index in [2.05, 4.69) is 37.2 Å². The Hall–Kier alpha value is -1.53. The molecule has 21 heavy (non-hydrogen) atoms. The fraction of sp³-hybridized carbons (Fsp3) is 0.133. The Morgan fingerprint density at radius 2 is 2.05 bits per heavy atom. The van der Waals surface area contributed by atoms with Gasteiger partial charge in [0.2, 0.25) is 0 Å². The largest absolute Gasteiger partial charge is 0.493 e. The number of rotatable bonds is 4. The Morgan fingerprint density at radius 3 is 2.71 bits per heavy atom. The number of anilines is 2. The van der Waals surface area contributed by atoms with Gasteiger partial charge in [-0.2, -0.15) is 0 Å². The minimum absolute atomic E-state index is 0.306. The monoisotopic (exact) mass is 412 g/mol. The first kappa shape index (κ1) is 15.9. The van der Waals surface area contributed by atoms with Gasteiger partial charge in [0, 0.05) is 14.6 Å². The third-order valence-electron chi connectivity index (χ3n) is 2.76. The lowest BCUT2D eigenvalue weighted by Crippen LogP contribution is -2.16. The van der Waals surface area contributed by atoms with Crippen LogP contribution in [0.4, 0.5) is 11.4 Å². The summed E-state index contributed by atoms with van der Waals surface area (Å²) in [7, 11) is 0. The van der Waals surface area contributed by atoms with Crippen molar-refractivity contribution < 1.29 is 9.53 Å². The van der Waals surface area contributed by atoms with Crippen LogP contribution < -0.4 is 15.8 Å². The molecule has 0 aliphatic rings. The average Bonchev–Trinajstić information content (AvgIpc) is 2.42. The highest BCUT2D eigenvalue weighted by molar-refractivity contribution is 9.11. The number of carbonyl (C=O) groups excluding carboxylic acids is 1. The molecule has 3 N–H and O–H groups in total. The van der Waals surface area contributed by atoms with Crippen LogP contribution in [-0.4, -0.2) is 12.5 Å². The summed E-state index contributed by atoms with van der Waals surface area (Å²) in [6, 6.07) is 10.7. The predicted molar refractivity (Wildman–Crippen MR) is 91.8 cm³/mol. The summed E-state index contributed by atoms with van der Waals surface area (Å²) < 4.78 is 7.16. The molecule has 6 heteroatoms. The topological polar surface area (TPSA) is 64.3 Å². The van der Waals surface area contributed by atoms with Gasteiger partial charge in [0.15, 0.2) is 0 Å². The zero-order chi connectivity index (χ0) is 15.4. The number of nitrogens with one attached hydrogen (secondary N) is 1. The molecule has 0 aromatic heterocycles. The number of halogens is 2. The molecule has 0 unspecified atom stereocenters. The zero-order valence-electron chi connectivity index (χ0n) is 11.3. The van der Waals surface area contributed by atoms with E-state index in [-0.39, 0.29) is 5.91 Å². The van der Waals surface area contributed by atoms with Gasteiger partial charge in [-0.25, -0.2) is 0 Å². The van der Waals surface area contributed by atoms with Crippen molar-refractivity contribution in [3.63, 3.8) is 0 Å². The maximum Gasteiger partial charge on any atom is 0.261 e. The molecule has 1 amide bonds. The van der Waals surface area contributed by atoms with Crippen molar-refractivity contribution in [1.82, 2.24) is 0 Å². The van der Waals surface area contributed by atoms with Crippen LogP contribution in [0.1, 0.15) is 17.3 Å². The van der Waals surface area contributed by atoms with E-state index in [1.807, 2.05) is 19.1 Å². The van der Waals surface area contributed by atoms with Crippen LogP contribution in [0.15, 0.2) is 45.3 Å². The number of hydrogen-bond acceptors (Lipinski definition) is 3. The molecule has 0 heterocycles. The van der Waals surface area contributed by atoms with Crippen LogP contribution >= 0.6 is 31.9 Å². The Morgan fingerprint density at radius 1 is 1.29 bits per heavy atom. The highest BCUT2D eigenvalue weighted by Gasteiger charge is 2.17. The van der Waals surface area contributed by atoms with E-state index in [0.717, 1.165) is 8.95 Å². The van der Waals surface area contributed by atoms with E-state index in [1.165, 1.54) is 0 Å². The quantitative estimate of drug-likeness (QED) is 0.728. The van der Waals surface area contributed by atoms with Crippen molar-refractivity contribution in [2.24, 2.45) is 0 Å². The molecule has 0 aliphatic heterocycles. The van der Waals surface area contributed by atoms with Gasteiger partial charge in [-0.1, -0.05) is 22.0 Å². The highest BCUT2D eigenvalue weighted by atomic mass is 79.9. The Labute approximate surface area is 139 Å². The van der Waals surface area contributed by atoms with Gasteiger partial charge in [-0.3, -0.25) is 4.79 Å². The van der Waals surface area contributed by atoms with Gasteiger partial charge in [-0.05, 0) is 53.2 Å². The van der Waals surface area contributed by atoms with Crippen LogP contribution in [0.25, 0.3) is 0 Å². The summed E-state index contributed by atoms with van der Waals surface area (Å²) in [5, 5.41) is 2.83. The summed E-state index contributed by atoms with van der Waals surface area (Å²) in [6.45, 7) is 2.32. The Balaban J connectivity index is 2.32. The zero-order valence-corrected chi connectivity index (χ0v) is 14.5. The van der Waals surface area contributed by atoms with Crippen LogP contribution in [0.2, 0.25) is 0 Å². The molecule has 0 saturated carbocycles. The van der Waals surface area contributed by atoms with Crippen molar-refractivity contribution in [3.8, 4) is 5.75 Å². The molecular weight excluding hydrogens is 400 g/mol. The molecule has 4 nitrogen and oxygen atoms in total. The van der Waals surface area contributed by atoms with Gasteiger partial charge in [0.1, 0.15) is 11.3 Å². The SMILES string of the molecule is CCOc1cccc(N)c1C(=O)Nc1ccc(Br)cc1Br. The Kier molecular flexibility index (Phi) is 5.25. The molecule has 2 aromatic carbocycles. The fourth-order valence-electron chi connectivity index (χ4n) is 1.84. The lowest BCUT2D eigenvalue weighted by atomic mass is 10.1. The molecule has 2 rings (SSSR count). The average molecular weight is 414 g/mol. The van der Waals surface area contributed by atoms with E-state index in [9.17, 15) is 4.79 Å². The second-order valence-corrected chi connectivity index (χ2v) is 6.00. The van der Waals surface area contributed by atoms with Gasteiger partial charge < -0.3 is 15.8 Å². The van der Waals surface area contributed by atoms with Gasteiger partial charge in [-0.15, -0.1) is 0 Å². The maximum atomic E-state index is 12.5. The van der Waals surface area contributed by atoms with Crippen LogP contribution in [0, 0.1) is 0 Å². The first-order valence-electron chi connectivity index (χ1n) is 6.30. The third kappa shape index (κ3) is 3.77. The van der Waals surface area contributed by atoms with Crippen molar-refractivity contribution in [2.75, 3.05) is 17.7 Å². The molecule has 0 fully saturated rings. The number of ether oxygens (including phenoxy) is 1. The second kappa shape index (κ2) is 6.95. The van der Waals surface area contributed by atoms with Crippen LogP contribution in [0.5, 0.6) is 5.75 Å². The molecule has 0 radical (unpaired) electrons. The minimum Gasteiger partial charge on any atom is -0.493 e. The van der Waals surface area contributed by atoms with Crippen molar-refractivity contribution in [3.05, 3.63) is 50.9 Å². The summed E-state index contributed by atoms with van der Waals surface area (Å²) in [4.78, 5) is 12.5. The highest BCUT2D eigenvalue weighted by Crippen LogP contribution is 2.29. The minimum atomic E-state index is -0.306. The molecular formula is C15H14Br2N2O2. The molecule has 110 valence electrons. The molecule has 0 saturated heterocycles. The molecule has 0 spiro atoms. The van der Waals surface area contributed by atoms with Crippen LogP contribution in [-0.2, 0) is 0 Å². The van der Waals surface area contributed by atoms with E-state index < -0.39 is 0 Å². The molecule has 2 aromatic rings. The second-order valence-electron chi connectivity index (χ2n) is 4.23. The number of benzene rings is 2. The number of amides is 1. The smallest absolute Gasteiger partial charge is 0.261 e. The summed E-state index contributed by atoms with van der Waals surface area (Å²) >= 11 is 6.78. The summed E-state index contributed by atoms with van der Waals surface area (Å²) in [5.74, 6) is 0.169. The number of nitrogen functional groups attached to an aromatic ring is 1. The normalized spacial score (nSPS) is 10.2. The summed E-state index contributed by atoms with van der Waals surface area (Å²) in [6.07, 6.45) is 0. The van der Waals surface area contributed by atoms with E-state index in [1.54, 1.807) is 24.3 Å². The first-order chi connectivity index (χ1) is 10.0. The van der Waals surface area contributed by atoms with Gasteiger partial charge in [0.05, 0.1) is 12.3 Å². The number of hydrogen-bond donors (Lipinski definition) is 2. The maximum absolute atomic E-state index is 12.5. The van der Waals surface area contributed by atoms with Crippen molar-refractivity contribution in [2.45, 2.75) is 6.92 Å². The fourth-order valence-corrected chi connectivity index (χ4v) is 2.99. The predicted octanol–water partition coefficient (Wildman–Crippen LogP) is 4.44. The lowest BCUT2D eigenvalue weighted by Gasteiger charge is -2.13. The van der Waals surface area contributed by atoms with E-state index >= 15 is 0 Å². The lowest BCUT2D eigenvalue weighted by molar-refractivity contribution is 0.102. The molecule has 0 aliphatic carbocycles. The summed E-state index contributed by atoms with van der Waals surface area (Å²) in [5.41, 5.74) is 7.29. The number of carbonyl (C=O) groups is 1. The van der Waals surface area contributed by atoms with Crippen LogP contribution in [0.3, 0.4) is 0 Å². The molecule has 0 atom stereocenters. The van der Waals surface area contributed by atoms with E-state index in [4.69, 9.17) is 10.5 Å². The Bertz CT molecular complexity index is 675. The standard InChI is InChI=1S/C15H14Br2N2O2/c1-2-21-13-5-3-4-11(18)14(13)15(20)19-12-7-6-9(16)8-10(12)17/h3-8H,2,18H2,1H3,(H,19,20). The first-order valence-corrected chi connectivity index (χ1v) is 7.89. The molecule has 0 bridgehead atoms.